The first-order chi connectivity index (χ1) is 11.9. The molecule has 0 unspecified atom stereocenters. The maximum absolute atomic E-state index is 13.5. The van der Waals surface area contributed by atoms with Crippen LogP contribution < -0.4 is 11.1 Å². The van der Waals surface area contributed by atoms with Crippen molar-refractivity contribution < 1.29 is 12.8 Å². The highest BCUT2D eigenvalue weighted by molar-refractivity contribution is 7.91. The van der Waals surface area contributed by atoms with Gasteiger partial charge in [0.1, 0.15) is 5.82 Å². The summed E-state index contributed by atoms with van der Waals surface area (Å²) in [5.41, 5.74) is 7.17. The van der Waals surface area contributed by atoms with E-state index in [1.54, 1.807) is 14.0 Å². The molecule has 0 saturated heterocycles. The number of aryl methyl sites for hydroxylation is 1. The number of nitrogens with one attached hydrogen (secondary N) is 1. The van der Waals surface area contributed by atoms with E-state index in [1.165, 1.54) is 22.7 Å². The largest absolute Gasteiger partial charge is 0.370 e. The van der Waals surface area contributed by atoms with E-state index in [1.807, 2.05) is 6.07 Å². The minimum atomic E-state index is -4.02. The van der Waals surface area contributed by atoms with Crippen LogP contribution in [0.25, 0.3) is 5.65 Å². The standard InChI is InChI=1S/C16H18FN5O2S.ClH/c1-10-8-12(6-7-18)20-16-14(15(19-2)21-22(10)16)25(23,24)13-5-3-4-11(17)9-13;/h3-5,8-9H,6-7,18H2,1-2H3,(H,19,21);1H. The molecule has 0 bridgehead atoms. The van der Waals surface area contributed by atoms with Crippen LogP contribution in [-0.4, -0.2) is 36.6 Å². The molecule has 7 nitrogen and oxygen atoms in total. The molecular formula is C16H19ClFN5O2S. The van der Waals surface area contributed by atoms with Crippen LogP contribution in [0.4, 0.5) is 10.2 Å². The number of aromatic nitrogens is 3. The van der Waals surface area contributed by atoms with Gasteiger partial charge in [0.2, 0.25) is 9.84 Å². The SMILES string of the molecule is CNc1nn2c(C)cc(CCN)nc2c1S(=O)(=O)c1cccc(F)c1.Cl. The molecule has 2 aromatic heterocycles. The normalized spacial score (nSPS) is 11.4. The van der Waals surface area contributed by atoms with Gasteiger partial charge in [-0.3, -0.25) is 0 Å². The molecule has 0 aliphatic rings. The van der Waals surface area contributed by atoms with Crippen molar-refractivity contribution in [2.24, 2.45) is 5.73 Å². The van der Waals surface area contributed by atoms with Crippen molar-refractivity contribution in [3.05, 3.63) is 47.5 Å². The Morgan fingerprint density at radius 3 is 2.65 bits per heavy atom. The van der Waals surface area contributed by atoms with E-state index in [2.05, 4.69) is 15.4 Å². The minimum Gasteiger partial charge on any atom is -0.370 e. The fourth-order valence-corrected chi connectivity index (χ4v) is 4.18. The number of halogens is 2. The third kappa shape index (κ3) is 3.37. The first kappa shape index (κ1) is 20.1. The number of anilines is 1. The predicted octanol–water partition coefficient (Wildman–Crippen LogP) is 1.97. The number of fused-ring (bicyclic) bond motifs is 1. The number of nitrogens with zero attached hydrogens (tertiary/aromatic N) is 3. The summed E-state index contributed by atoms with van der Waals surface area (Å²) in [5.74, 6) is -0.471. The van der Waals surface area contributed by atoms with Crippen LogP contribution in [-0.2, 0) is 16.3 Å². The Labute approximate surface area is 156 Å². The van der Waals surface area contributed by atoms with Crippen molar-refractivity contribution in [3.8, 4) is 0 Å². The number of sulfone groups is 1. The van der Waals surface area contributed by atoms with Crippen molar-refractivity contribution >= 4 is 33.7 Å². The van der Waals surface area contributed by atoms with Gasteiger partial charge in [0.05, 0.1) is 4.90 Å². The molecule has 0 aliphatic carbocycles. The average molecular weight is 400 g/mol. The smallest absolute Gasteiger partial charge is 0.214 e. The highest BCUT2D eigenvalue weighted by Crippen LogP contribution is 2.31. The molecule has 0 radical (unpaired) electrons. The van der Waals surface area contributed by atoms with Crippen molar-refractivity contribution in [2.75, 3.05) is 18.9 Å². The van der Waals surface area contributed by atoms with Gasteiger partial charge in [-0.25, -0.2) is 22.3 Å². The van der Waals surface area contributed by atoms with Crippen molar-refractivity contribution in [1.29, 1.82) is 0 Å². The molecular weight excluding hydrogens is 381 g/mol. The second-order valence-corrected chi connectivity index (χ2v) is 7.44. The highest BCUT2D eigenvalue weighted by atomic mass is 35.5. The third-order valence-corrected chi connectivity index (χ3v) is 5.58. The summed E-state index contributed by atoms with van der Waals surface area (Å²) in [6.45, 7) is 2.20. The molecule has 0 fully saturated rings. The van der Waals surface area contributed by atoms with Gasteiger partial charge < -0.3 is 11.1 Å². The second-order valence-electron chi connectivity index (χ2n) is 5.55. The number of nitrogens with two attached hydrogens (primary N) is 1. The molecule has 0 amide bonds. The maximum Gasteiger partial charge on any atom is 0.214 e. The summed E-state index contributed by atoms with van der Waals surface area (Å²) in [7, 11) is -2.44. The van der Waals surface area contributed by atoms with Gasteiger partial charge in [-0.05, 0) is 37.7 Å². The summed E-state index contributed by atoms with van der Waals surface area (Å²) in [4.78, 5) is 4.18. The monoisotopic (exact) mass is 399 g/mol. The summed E-state index contributed by atoms with van der Waals surface area (Å²) in [5, 5.41) is 7.07. The van der Waals surface area contributed by atoms with Gasteiger partial charge in [-0.15, -0.1) is 17.5 Å². The lowest BCUT2D eigenvalue weighted by Crippen LogP contribution is -2.09. The van der Waals surface area contributed by atoms with E-state index in [4.69, 9.17) is 5.73 Å². The Kier molecular flexibility index (Phi) is 5.84. The lowest BCUT2D eigenvalue weighted by atomic mass is 10.2. The Balaban J connectivity index is 0.00000243. The summed E-state index contributed by atoms with van der Waals surface area (Å²) in [6, 6.07) is 6.68. The van der Waals surface area contributed by atoms with Crippen LogP contribution in [0.1, 0.15) is 11.4 Å². The van der Waals surface area contributed by atoms with Gasteiger partial charge in [0.15, 0.2) is 16.4 Å². The number of rotatable bonds is 5. The Morgan fingerprint density at radius 1 is 1.31 bits per heavy atom. The van der Waals surface area contributed by atoms with Crippen molar-refractivity contribution in [1.82, 2.24) is 14.6 Å². The Morgan fingerprint density at radius 2 is 2.04 bits per heavy atom. The first-order valence-electron chi connectivity index (χ1n) is 7.66. The average Bonchev–Trinajstić information content (AvgIpc) is 2.95. The molecule has 0 saturated carbocycles. The van der Waals surface area contributed by atoms with Crippen LogP contribution in [0.15, 0.2) is 40.1 Å². The molecule has 0 spiro atoms. The number of hydrogen-bond donors (Lipinski definition) is 2. The Bertz CT molecular complexity index is 1050. The summed E-state index contributed by atoms with van der Waals surface area (Å²) < 4.78 is 41.2. The van der Waals surface area contributed by atoms with Crippen molar-refractivity contribution in [3.63, 3.8) is 0 Å². The predicted molar refractivity (Wildman–Crippen MR) is 99.1 cm³/mol. The zero-order valence-corrected chi connectivity index (χ0v) is 15.9. The third-order valence-electron chi connectivity index (χ3n) is 3.79. The number of benzene rings is 1. The fraction of sp³-hybridized carbons (Fsp3) is 0.250. The van der Waals surface area contributed by atoms with E-state index in [9.17, 15) is 12.8 Å². The van der Waals surface area contributed by atoms with Crippen molar-refractivity contribution in [2.45, 2.75) is 23.1 Å². The van der Waals surface area contributed by atoms with Crippen LogP contribution in [0.5, 0.6) is 0 Å². The molecule has 26 heavy (non-hydrogen) atoms. The lowest BCUT2D eigenvalue weighted by Gasteiger charge is -2.07. The molecule has 10 heteroatoms. The molecule has 140 valence electrons. The van der Waals surface area contributed by atoms with Gasteiger partial charge in [-0.1, -0.05) is 6.07 Å². The van der Waals surface area contributed by atoms with E-state index >= 15 is 0 Å². The molecule has 3 N–H and O–H groups in total. The van der Waals surface area contributed by atoms with E-state index in [0.29, 0.717) is 18.7 Å². The topological polar surface area (TPSA) is 102 Å². The van der Waals surface area contributed by atoms with E-state index in [0.717, 1.165) is 11.8 Å². The molecule has 0 atom stereocenters. The van der Waals surface area contributed by atoms with Crippen LogP contribution in [0.2, 0.25) is 0 Å². The van der Waals surface area contributed by atoms with E-state index < -0.39 is 15.7 Å². The zero-order valence-electron chi connectivity index (χ0n) is 14.2. The molecule has 0 aliphatic heterocycles. The summed E-state index contributed by atoms with van der Waals surface area (Å²) >= 11 is 0. The van der Waals surface area contributed by atoms with Gasteiger partial charge in [0, 0.05) is 24.9 Å². The van der Waals surface area contributed by atoms with Gasteiger partial charge in [-0.2, -0.15) is 0 Å². The lowest BCUT2D eigenvalue weighted by molar-refractivity contribution is 0.591. The molecule has 1 aromatic carbocycles. The van der Waals surface area contributed by atoms with E-state index in [-0.39, 0.29) is 33.7 Å². The molecule has 2 heterocycles. The summed E-state index contributed by atoms with van der Waals surface area (Å²) in [6.07, 6.45) is 0.511. The maximum atomic E-state index is 13.5. The van der Waals surface area contributed by atoms with Crippen LogP contribution in [0, 0.1) is 12.7 Å². The highest BCUT2D eigenvalue weighted by Gasteiger charge is 2.29. The van der Waals surface area contributed by atoms with Crippen LogP contribution >= 0.6 is 12.4 Å². The minimum absolute atomic E-state index is 0. The quantitative estimate of drug-likeness (QED) is 0.680. The first-order valence-corrected chi connectivity index (χ1v) is 9.14. The van der Waals surface area contributed by atoms with Gasteiger partial charge >= 0.3 is 0 Å². The zero-order chi connectivity index (χ0) is 18.2. The van der Waals surface area contributed by atoms with Crippen LogP contribution in [0.3, 0.4) is 0 Å². The fourth-order valence-electron chi connectivity index (χ4n) is 2.65. The Hall–Kier alpha value is -2.23. The molecule has 3 aromatic rings. The number of hydrogen-bond acceptors (Lipinski definition) is 6. The molecule has 3 rings (SSSR count). The van der Waals surface area contributed by atoms with Gasteiger partial charge in [0.25, 0.3) is 0 Å². The second kappa shape index (κ2) is 7.56.